The average Bonchev–Trinajstić information content (AvgIpc) is 3.08. The topological polar surface area (TPSA) is 67.1 Å². The Labute approximate surface area is 157 Å². The van der Waals surface area contributed by atoms with Crippen molar-refractivity contribution in [1.82, 2.24) is 20.0 Å². The average molecular weight is 372 g/mol. The van der Waals surface area contributed by atoms with Gasteiger partial charge in [-0.25, -0.2) is 4.98 Å². The molecule has 1 saturated heterocycles. The zero-order valence-electron chi connectivity index (χ0n) is 14.8. The fraction of sp³-hybridized carbons (Fsp3) is 0.421. The monoisotopic (exact) mass is 371 g/mol. The lowest BCUT2D eigenvalue weighted by atomic mass is 10.0. The van der Waals surface area contributed by atoms with E-state index in [0.717, 1.165) is 29.9 Å². The highest BCUT2D eigenvalue weighted by molar-refractivity contribution is 6.30. The van der Waals surface area contributed by atoms with E-state index in [0.29, 0.717) is 22.5 Å². The van der Waals surface area contributed by atoms with Crippen LogP contribution in [0.1, 0.15) is 26.2 Å². The van der Waals surface area contributed by atoms with Crippen molar-refractivity contribution in [2.24, 2.45) is 0 Å². The molecule has 1 aromatic carbocycles. The van der Waals surface area contributed by atoms with Crippen molar-refractivity contribution >= 4 is 28.5 Å². The van der Waals surface area contributed by atoms with Gasteiger partial charge in [0.05, 0.1) is 0 Å². The molecule has 0 saturated carbocycles. The van der Waals surface area contributed by atoms with Gasteiger partial charge >= 0.3 is 0 Å². The summed E-state index contributed by atoms with van der Waals surface area (Å²) < 4.78 is 5.40. The Morgan fingerprint density at radius 3 is 3.08 bits per heavy atom. The van der Waals surface area contributed by atoms with Crippen molar-refractivity contribution in [3.05, 3.63) is 35.6 Å². The number of benzene rings is 1. The van der Waals surface area contributed by atoms with Crippen LogP contribution in [-0.2, 0) is 0 Å². The third kappa shape index (κ3) is 3.52. The van der Waals surface area contributed by atoms with E-state index >= 15 is 0 Å². The number of hydrogen-bond donors (Lipinski definition) is 1. The molecule has 0 bridgehead atoms. The molecule has 1 aliphatic heterocycles. The maximum atomic E-state index is 6.13. The van der Waals surface area contributed by atoms with Crippen LogP contribution >= 0.6 is 11.6 Å². The summed E-state index contributed by atoms with van der Waals surface area (Å²) in [7, 11) is 0. The van der Waals surface area contributed by atoms with E-state index < -0.39 is 0 Å². The van der Waals surface area contributed by atoms with Crippen molar-refractivity contribution in [3.8, 4) is 11.3 Å². The Bertz CT molecular complexity index is 897. The number of hydrogen-bond acceptors (Lipinski definition) is 6. The summed E-state index contributed by atoms with van der Waals surface area (Å²) in [4.78, 5) is 11.1. The normalized spacial score (nSPS) is 18.3. The molecule has 4 rings (SSSR count). The maximum absolute atomic E-state index is 6.13. The zero-order chi connectivity index (χ0) is 17.9. The van der Waals surface area contributed by atoms with E-state index in [-0.39, 0.29) is 0 Å². The first-order chi connectivity index (χ1) is 12.7. The smallest absolute Gasteiger partial charge is 0.263 e. The first kappa shape index (κ1) is 17.2. The lowest BCUT2D eigenvalue weighted by Gasteiger charge is -2.33. The standard InChI is InChI=1S/C19H22ClN5O/c1-13-5-2-3-9-25(13)10-8-21-18-16-17(14-6-4-7-15(20)11-14)24-26-19(16)23-12-22-18/h4,6-7,11-13H,2-3,5,8-10H2,1H3,(H,21,22,23)/t13-/m0/s1. The van der Waals surface area contributed by atoms with E-state index in [1.807, 2.05) is 24.3 Å². The lowest BCUT2D eigenvalue weighted by Crippen LogP contribution is -2.40. The summed E-state index contributed by atoms with van der Waals surface area (Å²) in [5, 5.41) is 9.08. The zero-order valence-corrected chi connectivity index (χ0v) is 15.5. The second-order valence-corrected chi connectivity index (χ2v) is 7.19. The largest absolute Gasteiger partial charge is 0.368 e. The molecular weight excluding hydrogens is 350 g/mol. The Kier molecular flexibility index (Phi) is 5.04. The van der Waals surface area contributed by atoms with Gasteiger partial charge < -0.3 is 9.84 Å². The number of halogens is 1. The number of piperidine rings is 1. The Morgan fingerprint density at radius 1 is 1.31 bits per heavy atom. The summed E-state index contributed by atoms with van der Waals surface area (Å²) in [5.41, 5.74) is 2.07. The van der Waals surface area contributed by atoms with Crippen LogP contribution in [0.2, 0.25) is 5.02 Å². The summed E-state index contributed by atoms with van der Waals surface area (Å²) in [6.07, 6.45) is 5.40. The third-order valence-corrected chi connectivity index (χ3v) is 5.24. The second kappa shape index (κ2) is 7.60. The van der Waals surface area contributed by atoms with Crippen molar-refractivity contribution in [3.63, 3.8) is 0 Å². The van der Waals surface area contributed by atoms with Crippen LogP contribution in [0.4, 0.5) is 5.82 Å². The Balaban J connectivity index is 1.56. The number of nitrogens with zero attached hydrogens (tertiary/aromatic N) is 4. The summed E-state index contributed by atoms with van der Waals surface area (Å²) in [6.45, 7) is 5.28. The van der Waals surface area contributed by atoms with E-state index in [2.05, 4.69) is 32.3 Å². The lowest BCUT2D eigenvalue weighted by molar-refractivity contribution is 0.167. The minimum Gasteiger partial charge on any atom is -0.368 e. The molecule has 26 heavy (non-hydrogen) atoms. The SMILES string of the molecule is C[C@H]1CCCCN1CCNc1ncnc2onc(-c3cccc(Cl)c3)c12. The van der Waals surface area contributed by atoms with Gasteiger partial charge in [0.15, 0.2) is 0 Å². The molecule has 2 aromatic heterocycles. The highest BCUT2D eigenvalue weighted by Crippen LogP contribution is 2.32. The van der Waals surface area contributed by atoms with Gasteiger partial charge in [-0.3, -0.25) is 4.90 Å². The molecule has 136 valence electrons. The van der Waals surface area contributed by atoms with Crippen LogP contribution in [-0.4, -0.2) is 45.7 Å². The summed E-state index contributed by atoms with van der Waals surface area (Å²) >= 11 is 6.13. The van der Waals surface area contributed by atoms with Crippen LogP contribution in [0.3, 0.4) is 0 Å². The molecule has 1 fully saturated rings. The van der Waals surface area contributed by atoms with E-state index in [1.165, 1.54) is 32.1 Å². The first-order valence-corrected chi connectivity index (χ1v) is 9.44. The molecule has 7 heteroatoms. The highest BCUT2D eigenvalue weighted by atomic mass is 35.5. The number of rotatable bonds is 5. The molecular formula is C19H22ClN5O. The van der Waals surface area contributed by atoms with E-state index in [9.17, 15) is 0 Å². The van der Waals surface area contributed by atoms with Crippen molar-refractivity contribution < 1.29 is 4.52 Å². The Hall–Kier alpha value is -2.18. The first-order valence-electron chi connectivity index (χ1n) is 9.06. The summed E-state index contributed by atoms with van der Waals surface area (Å²) in [5.74, 6) is 0.746. The van der Waals surface area contributed by atoms with Crippen molar-refractivity contribution in [2.45, 2.75) is 32.2 Å². The van der Waals surface area contributed by atoms with Gasteiger partial charge in [-0.1, -0.05) is 35.3 Å². The molecule has 0 radical (unpaired) electrons. The molecule has 0 aliphatic carbocycles. The molecule has 3 aromatic rings. The number of anilines is 1. The number of likely N-dealkylation sites (tertiary alicyclic amines) is 1. The number of nitrogens with one attached hydrogen (secondary N) is 1. The second-order valence-electron chi connectivity index (χ2n) is 6.75. The maximum Gasteiger partial charge on any atom is 0.263 e. The van der Waals surface area contributed by atoms with Crippen LogP contribution in [0.15, 0.2) is 35.1 Å². The quantitative estimate of drug-likeness (QED) is 0.724. The third-order valence-electron chi connectivity index (χ3n) is 5.00. The van der Waals surface area contributed by atoms with Crippen molar-refractivity contribution in [1.29, 1.82) is 0 Å². The van der Waals surface area contributed by atoms with Gasteiger partial charge in [0.25, 0.3) is 5.71 Å². The highest BCUT2D eigenvalue weighted by Gasteiger charge is 2.19. The van der Waals surface area contributed by atoms with Gasteiger partial charge in [-0.2, -0.15) is 4.98 Å². The van der Waals surface area contributed by atoms with Gasteiger partial charge in [-0.05, 0) is 38.4 Å². The van der Waals surface area contributed by atoms with Gasteiger partial charge in [0, 0.05) is 29.7 Å². The van der Waals surface area contributed by atoms with Crippen LogP contribution in [0.5, 0.6) is 0 Å². The molecule has 1 atom stereocenters. The Morgan fingerprint density at radius 2 is 2.23 bits per heavy atom. The summed E-state index contributed by atoms with van der Waals surface area (Å²) in [6, 6.07) is 8.20. The predicted octanol–water partition coefficient (Wildman–Crippen LogP) is 4.22. The van der Waals surface area contributed by atoms with Crippen LogP contribution < -0.4 is 5.32 Å². The fourth-order valence-corrected chi connectivity index (χ4v) is 3.75. The van der Waals surface area contributed by atoms with Crippen LogP contribution in [0.25, 0.3) is 22.4 Å². The predicted molar refractivity (Wildman–Crippen MR) is 103 cm³/mol. The van der Waals surface area contributed by atoms with Gasteiger partial charge in [0.1, 0.15) is 23.2 Å². The molecule has 1 aliphatic rings. The molecule has 0 unspecified atom stereocenters. The minimum absolute atomic E-state index is 0.476. The van der Waals surface area contributed by atoms with Gasteiger partial charge in [-0.15, -0.1) is 0 Å². The molecule has 6 nitrogen and oxygen atoms in total. The molecule has 0 spiro atoms. The minimum atomic E-state index is 0.476. The van der Waals surface area contributed by atoms with E-state index in [1.54, 1.807) is 0 Å². The van der Waals surface area contributed by atoms with E-state index in [4.69, 9.17) is 16.1 Å². The molecule has 1 N–H and O–H groups in total. The van der Waals surface area contributed by atoms with Crippen LogP contribution in [0, 0.1) is 0 Å². The molecule has 0 amide bonds. The van der Waals surface area contributed by atoms with Crippen molar-refractivity contribution in [2.75, 3.05) is 25.0 Å². The molecule has 3 heterocycles. The number of fused-ring (bicyclic) bond motifs is 1. The van der Waals surface area contributed by atoms with Gasteiger partial charge in [0.2, 0.25) is 0 Å². The number of aromatic nitrogens is 3. The fourth-order valence-electron chi connectivity index (χ4n) is 3.56.